The Bertz CT molecular complexity index is 1630. The van der Waals surface area contributed by atoms with E-state index in [9.17, 15) is 19.2 Å². The molecule has 0 heterocycles. The summed E-state index contributed by atoms with van der Waals surface area (Å²) in [6, 6.07) is 16.9. The van der Waals surface area contributed by atoms with Crippen LogP contribution in [0.25, 0.3) is 11.1 Å². The summed E-state index contributed by atoms with van der Waals surface area (Å²) in [6.45, 7) is 17.7. The van der Waals surface area contributed by atoms with Gasteiger partial charge in [-0.15, -0.1) is 0 Å². The Morgan fingerprint density at radius 2 is 1.13 bits per heavy atom. The molecule has 0 spiro atoms. The van der Waals surface area contributed by atoms with Crippen LogP contribution < -0.4 is 23.7 Å². The number of hydrogen-bond donors (Lipinski definition) is 0. The van der Waals surface area contributed by atoms with Crippen molar-refractivity contribution in [2.45, 2.75) is 47.0 Å². The zero-order chi connectivity index (χ0) is 33.1. The van der Waals surface area contributed by atoms with Gasteiger partial charge in [0.15, 0.2) is 23.0 Å². The highest BCUT2D eigenvalue weighted by atomic mass is 16.6. The van der Waals surface area contributed by atoms with Gasteiger partial charge in [0.25, 0.3) is 0 Å². The average molecular weight is 613 g/mol. The number of rotatable bonds is 14. The van der Waals surface area contributed by atoms with Crippen LogP contribution in [0, 0.1) is 0 Å². The summed E-state index contributed by atoms with van der Waals surface area (Å²) in [4.78, 5) is 48.9. The van der Waals surface area contributed by atoms with Crippen LogP contribution >= 0.6 is 0 Å². The molecule has 234 valence electrons. The van der Waals surface area contributed by atoms with Gasteiger partial charge < -0.3 is 23.7 Å². The van der Waals surface area contributed by atoms with Gasteiger partial charge in [0.2, 0.25) is 0 Å². The Morgan fingerprint density at radius 1 is 0.600 bits per heavy atom. The second-order valence-corrected chi connectivity index (χ2v) is 10.3. The van der Waals surface area contributed by atoms with E-state index in [-0.39, 0.29) is 41.2 Å². The standard InChI is InChI=1S/C36H36O9/c1-8-19-41-31-21-27(26-11-14-28(15-12-26)42-34(38)22(2)3)13-17-29(31)43-33(37)18-10-25-9-16-30(44-35(39)23(4)5)32(20-25)45-36(40)24(6)7/h9,11-17,20-21H,2,4,6,8,10,18-19H2,1,3,5,7H3. The summed E-state index contributed by atoms with van der Waals surface area (Å²) >= 11 is 0. The molecule has 0 bridgehead atoms. The summed E-state index contributed by atoms with van der Waals surface area (Å²) in [5, 5.41) is 0. The van der Waals surface area contributed by atoms with Gasteiger partial charge in [-0.05, 0) is 86.7 Å². The van der Waals surface area contributed by atoms with E-state index in [1.54, 1.807) is 55.5 Å². The van der Waals surface area contributed by atoms with E-state index in [2.05, 4.69) is 19.7 Å². The highest BCUT2D eigenvalue weighted by molar-refractivity contribution is 5.91. The number of ether oxygens (including phenoxy) is 5. The number of benzene rings is 3. The van der Waals surface area contributed by atoms with Crippen molar-refractivity contribution in [1.29, 1.82) is 0 Å². The summed E-state index contributed by atoms with van der Waals surface area (Å²) in [5.74, 6) is -1.27. The van der Waals surface area contributed by atoms with Gasteiger partial charge in [-0.2, -0.15) is 0 Å². The zero-order valence-electron chi connectivity index (χ0n) is 25.9. The average Bonchev–Trinajstić information content (AvgIpc) is 3.00. The minimum absolute atomic E-state index is 0.00188. The van der Waals surface area contributed by atoms with Gasteiger partial charge in [-0.1, -0.05) is 50.9 Å². The van der Waals surface area contributed by atoms with Gasteiger partial charge in [0, 0.05) is 23.1 Å². The van der Waals surface area contributed by atoms with Crippen LogP contribution in [0.5, 0.6) is 28.7 Å². The molecule has 0 amide bonds. The largest absolute Gasteiger partial charge is 0.490 e. The molecule has 0 aliphatic heterocycles. The molecule has 0 saturated heterocycles. The van der Waals surface area contributed by atoms with Crippen LogP contribution in [0.3, 0.4) is 0 Å². The maximum absolute atomic E-state index is 12.9. The number of hydrogen-bond acceptors (Lipinski definition) is 9. The minimum Gasteiger partial charge on any atom is -0.490 e. The predicted molar refractivity (Wildman–Crippen MR) is 169 cm³/mol. The molecule has 3 aromatic rings. The van der Waals surface area contributed by atoms with Crippen molar-refractivity contribution >= 4 is 23.9 Å². The molecule has 0 atom stereocenters. The van der Waals surface area contributed by atoms with Gasteiger partial charge in [-0.25, -0.2) is 14.4 Å². The monoisotopic (exact) mass is 612 g/mol. The van der Waals surface area contributed by atoms with E-state index in [0.717, 1.165) is 17.5 Å². The quantitative estimate of drug-likeness (QED) is 0.107. The molecule has 0 aliphatic rings. The molecule has 9 nitrogen and oxygen atoms in total. The summed E-state index contributed by atoms with van der Waals surface area (Å²) in [7, 11) is 0. The van der Waals surface area contributed by atoms with Crippen molar-refractivity contribution in [2.75, 3.05) is 6.61 Å². The number of aryl methyl sites for hydroxylation is 1. The molecule has 0 unspecified atom stereocenters. The molecule has 0 aromatic heterocycles. The summed E-state index contributed by atoms with van der Waals surface area (Å²) in [6.07, 6.45) is 0.991. The Balaban J connectivity index is 1.74. The lowest BCUT2D eigenvalue weighted by Gasteiger charge is -2.14. The van der Waals surface area contributed by atoms with Crippen LogP contribution in [-0.4, -0.2) is 30.5 Å². The lowest BCUT2D eigenvalue weighted by atomic mass is 10.0. The third kappa shape index (κ3) is 10.1. The third-order valence-corrected chi connectivity index (χ3v) is 6.10. The molecular weight excluding hydrogens is 576 g/mol. The fraction of sp³-hybridized carbons (Fsp3) is 0.222. The molecule has 0 aliphatic carbocycles. The Kier molecular flexibility index (Phi) is 12.0. The van der Waals surface area contributed by atoms with E-state index >= 15 is 0 Å². The van der Waals surface area contributed by atoms with E-state index in [4.69, 9.17) is 23.7 Å². The maximum Gasteiger partial charge on any atom is 0.338 e. The first-order chi connectivity index (χ1) is 21.4. The summed E-state index contributed by atoms with van der Waals surface area (Å²) < 4.78 is 27.5. The van der Waals surface area contributed by atoms with Crippen LogP contribution in [0.4, 0.5) is 0 Å². The number of esters is 4. The Labute approximate surface area is 262 Å². The topological polar surface area (TPSA) is 114 Å². The smallest absolute Gasteiger partial charge is 0.338 e. The van der Waals surface area contributed by atoms with Crippen LogP contribution in [0.15, 0.2) is 97.1 Å². The van der Waals surface area contributed by atoms with E-state index in [1.807, 2.05) is 6.92 Å². The fourth-order valence-corrected chi connectivity index (χ4v) is 3.67. The first-order valence-corrected chi connectivity index (χ1v) is 14.2. The van der Waals surface area contributed by atoms with Gasteiger partial charge in [0.1, 0.15) is 5.75 Å². The first-order valence-electron chi connectivity index (χ1n) is 14.2. The minimum atomic E-state index is -0.690. The van der Waals surface area contributed by atoms with Crippen molar-refractivity contribution in [3.63, 3.8) is 0 Å². The van der Waals surface area contributed by atoms with Crippen molar-refractivity contribution in [2.24, 2.45) is 0 Å². The summed E-state index contributed by atoms with van der Waals surface area (Å²) in [5.41, 5.74) is 2.92. The lowest BCUT2D eigenvalue weighted by Crippen LogP contribution is -2.13. The molecule has 0 saturated carbocycles. The second kappa shape index (κ2) is 15.9. The lowest BCUT2D eigenvalue weighted by molar-refractivity contribution is -0.134. The van der Waals surface area contributed by atoms with Crippen molar-refractivity contribution < 1.29 is 42.9 Å². The molecular formula is C36H36O9. The van der Waals surface area contributed by atoms with E-state index < -0.39 is 23.9 Å². The Morgan fingerprint density at radius 3 is 1.73 bits per heavy atom. The highest BCUT2D eigenvalue weighted by Crippen LogP contribution is 2.34. The van der Waals surface area contributed by atoms with Crippen molar-refractivity contribution in [3.05, 3.63) is 103 Å². The zero-order valence-corrected chi connectivity index (χ0v) is 25.9. The predicted octanol–water partition coefficient (Wildman–Crippen LogP) is 7.13. The third-order valence-electron chi connectivity index (χ3n) is 6.10. The number of carbonyl (C=O) groups is 4. The highest BCUT2D eigenvalue weighted by Gasteiger charge is 2.18. The van der Waals surface area contributed by atoms with Crippen LogP contribution in [0.1, 0.15) is 46.1 Å². The molecule has 0 radical (unpaired) electrons. The maximum atomic E-state index is 12.9. The van der Waals surface area contributed by atoms with Gasteiger partial charge >= 0.3 is 23.9 Å². The molecule has 3 rings (SSSR count). The fourth-order valence-electron chi connectivity index (χ4n) is 3.67. The van der Waals surface area contributed by atoms with E-state index in [0.29, 0.717) is 29.2 Å². The number of carbonyl (C=O) groups excluding carboxylic acids is 4. The van der Waals surface area contributed by atoms with Gasteiger partial charge in [0.05, 0.1) is 6.61 Å². The van der Waals surface area contributed by atoms with Crippen LogP contribution in [-0.2, 0) is 25.6 Å². The molecule has 0 N–H and O–H groups in total. The molecule has 3 aromatic carbocycles. The van der Waals surface area contributed by atoms with Crippen molar-refractivity contribution in [1.82, 2.24) is 0 Å². The van der Waals surface area contributed by atoms with Gasteiger partial charge in [-0.3, -0.25) is 4.79 Å². The molecule has 9 heteroatoms. The Hall–Kier alpha value is -5.44. The van der Waals surface area contributed by atoms with Crippen molar-refractivity contribution in [3.8, 4) is 39.9 Å². The van der Waals surface area contributed by atoms with Crippen LogP contribution in [0.2, 0.25) is 0 Å². The molecule has 45 heavy (non-hydrogen) atoms. The second-order valence-electron chi connectivity index (χ2n) is 10.3. The molecule has 0 fully saturated rings. The first kappa shape index (κ1) is 34.1. The van der Waals surface area contributed by atoms with E-state index in [1.165, 1.54) is 26.0 Å². The normalized spacial score (nSPS) is 10.3. The SMILES string of the molecule is C=C(C)C(=O)Oc1ccc(-c2ccc(OC(=O)CCc3ccc(OC(=O)C(=C)C)c(OC(=O)C(=C)C)c3)c(OCCC)c2)cc1.